The number of nitrogens with zero attached hydrogens (tertiary/aromatic N) is 3. The van der Waals surface area contributed by atoms with Crippen molar-refractivity contribution >= 4 is 16.7 Å². The van der Waals surface area contributed by atoms with Gasteiger partial charge in [0.25, 0.3) is 5.91 Å². The highest BCUT2D eigenvalue weighted by molar-refractivity contribution is 6.02. The van der Waals surface area contributed by atoms with Crippen LogP contribution in [0.25, 0.3) is 21.9 Å². The normalized spacial score (nSPS) is 11.6. The van der Waals surface area contributed by atoms with Crippen molar-refractivity contribution in [3.05, 3.63) is 77.6 Å². The van der Waals surface area contributed by atoms with Crippen LogP contribution in [0, 0.1) is 0 Å². The number of aromatic nitrogens is 4. The number of nitrogens with one attached hydrogen (secondary N) is 2. The minimum atomic E-state index is -4.37. The van der Waals surface area contributed by atoms with E-state index in [-0.39, 0.29) is 5.91 Å². The first-order valence-electron chi connectivity index (χ1n) is 9.13. The molecule has 0 aliphatic carbocycles. The van der Waals surface area contributed by atoms with Gasteiger partial charge in [0.05, 0.1) is 5.56 Å². The van der Waals surface area contributed by atoms with E-state index in [4.69, 9.17) is 0 Å². The molecule has 0 radical (unpaired) electrons. The van der Waals surface area contributed by atoms with Gasteiger partial charge in [-0.05, 0) is 46.2 Å². The number of alkyl halides is 3. The Morgan fingerprint density at radius 1 is 1.03 bits per heavy atom. The number of amides is 1. The van der Waals surface area contributed by atoms with Crippen LogP contribution < -0.4 is 5.32 Å². The van der Waals surface area contributed by atoms with Crippen LogP contribution in [0.2, 0.25) is 0 Å². The fraction of sp³-hybridized carbons (Fsp3) is 0.143. The van der Waals surface area contributed by atoms with Crippen LogP contribution in [0.4, 0.5) is 13.2 Å². The van der Waals surface area contributed by atoms with Crippen LogP contribution in [0.5, 0.6) is 0 Å². The molecule has 9 heteroatoms. The number of carbonyl (C=O) groups is 1. The summed E-state index contributed by atoms with van der Waals surface area (Å²) >= 11 is 0. The molecule has 4 rings (SSSR count). The summed E-state index contributed by atoms with van der Waals surface area (Å²) in [5.74, 6) is 0.273. The minimum Gasteiger partial charge on any atom is -0.352 e. The predicted molar refractivity (Wildman–Crippen MR) is 105 cm³/mol. The van der Waals surface area contributed by atoms with E-state index >= 15 is 0 Å². The summed E-state index contributed by atoms with van der Waals surface area (Å²) in [5.41, 5.74) is 1.27. The van der Waals surface area contributed by atoms with Crippen molar-refractivity contribution in [2.24, 2.45) is 0 Å². The number of carbonyl (C=O) groups excluding carboxylic acids is 1. The first-order chi connectivity index (χ1) is 14.4. The molecular weight excluding hydrogens is 395 g/mol. The maximum atomic E-state index is 12.8. The standard InChI is InChI=1S/C21H16F3N5O/c22-21(23,24)16-7-4-13(5-8-16)17-3-1-2-14-12-15(6-9-18(14)17)20(30)25-11-10-19-26-28-29-27-19/h1-9,12H,10-11H2,(H,25,30)(H,26,27,28,29). The Kier molecular flexibility index (Phi) is 5.18. The SMILES string of the molecule is O=C(NCCc1nn[nH]n1)c1ccc2c(-c3ccc(C(F)(F)F)cc3)cccc2c1. The number of rotatable bonds is 5. The van der Waals surface area contributed by atoms with E-state index in [9.17, 15) is 18.0 Å². The van der Waals surface area contributed by atoms with Crippen LogP contribution in [0.3, 0.4) is 0 Å². The highest BCUT2D eigenvalue weighted by Crippen LogP contribution is 2.33. The minimum absolute atomic E-state index is 0.236. The van der Waals surface area contributed by atoms with E-state index in [1.54, 1.807) is 18.2 Å². The molecule has 0 saturated carbocycles. The van der Waals surface area contributed by atoms with Gasteiger partial charge in [-0.15, -0.1) is 10.2 Å². The van der Waals surface area contributed by atoms with E-state index < -0.39 is 11.7 Å². The van der Waals surface area contributed by atoms with Crippen LogP contribution in [-0.2, 0) is 12.6 Å². The topological polar surface area (TPSA) is 83.6 Å². The smallest absolute Gasteiger partial charge is 0.352 e. The summed E-state index contributed by atoms with van der Waals surface area (Å²) in [6, 6.07) is 15.8. The maximum Gasteiger partial charge on any atom is 0.416 e. The van der Waals surface area contributed by atoms with Crippen LogP contribution >= 0.6 is 0 Å². The Morgan fingerprint density at radius 2 is 1.83 bits per heavy atom. The second kappa shape index (κ2) is 7.94. The van der Waals surface area contributed by atoms with Crippen molar-refractivity contribution in [3.63, 3.8) is 0 Å². The third kappa shape index (κ3) is 4.14. The lowest BCUT2D eigenvalue weighted by Crippen LogP contribution is -2.25. The third-order valence-electron chi connectivity index (χ3n) is 4.69. The van der Waals surface area contributed by atoms with E-state index in [1.165, 1.54) is 12.1 Å². The Balaban J connectivity index is 1.55. The summed E-state index contributed by atoms with van der Waals surface area (Å²) in [5, 5.41) is 17.9. The van der Waals surface area contributed by atoms with Crippen LogP contribution in [0.1, 0.15) is 21.7 Å². The highest BCUT2D eigenvalue weighted by Gasteiger charge is 2.30. The lowest BCUT2D eigenvalue weighted by atomic mass is 9.96. The van der Waals surface area contributed by atoms with Crippen molar-refractivity contribution in [2.45, 2.75) is 12.6 Å². The van der Waals surface area contributed by atoms with E-state index in [2.05, 4.69) is 25.9 Å². The third-order valence-corrected chi connectivity index (χ3v) is 4.69. The molecule has 2 N–H and O–H groups in total. The molecule has 4 aromatic rings. The molecular formula is C21H16F3N5O. The van der Waals surface area contributed by atoms with Gasteiger partial charge in [-0.1, -0.05) is 41.6 Å². The molecule has 0 atom stereocenters. The molecule has 0 aliphatic rings. The van der Waals surface area contributed by atoms with Gasteiger partial charge < -0.3 is 5.32 Å². The average Bonchev–Trinajstić information content (AvgIpc) is 3.26. The van der Waals surface area contributed by atoms with Gasteiger partial charge in [0.2, 0.25) is 0 Å². The number of tetrazole rings is 1. The second-order valence-corrected chi connectivity index (χ2v) is 6.65. The van der Waals surface area contributed by atoms with Gasteiger partial charge in [0, 0.05) is 18.5 Å². The van der Waals surface area contributed by atoms with Gasteiger partial charge in [-0.3, -0.25) is 4.79 Å². The van der Waals surface area contributed by atoms with Crippen LogP contribution in [0.15, 0.2) is 60.7 Å². The number of H-pyrrole nitrogens is 1. The molecule has 1 amide bonds. The molecule has 6 nitrogen and oxygen atoms in total. The number of benzene rings is 3. The quantitative estimate of drug-likeness (QED) is 0.520. The van der Waals surface area contributed by atoms with Crippen molar-refractivity contribution in [2.75, 3.05) is 6.54 Å². The van der Waals surface area contributed by atoms with E-state index in [0.29, 0.717) is 29.9 Å². The van der Waals surface area contributed by atoms with Crippen molar-refractivity contribution in [1.29, 1.82) is 0 Å². The number of hydrogen-bond donors (Lipinski definition) is 2. The summed E-state index contributed by atoms with van der Waals surface area (Å²) < 4.78 is 38.4. The predicted octanol–water partition coefficient (Wildman–Crippen LogP) is 4.01. The number of hydrogen-bond acceptors (Lipinski definition) is 4. The highest BCUT2D eigenvalue weighted by atomic mass is 19.4. The number of halogens is 3. The summed E-state index contributed by atoms with van der Waals surface area (Å²) in [7, 11) is 0. The molecule has 0 fully saturated rings. The second-order valence-electron chi connectivity index (χ2n) is 6.65. The largest absolute Gasteiger partial charge is 0.416 e. The number of aromatic amines is 1. The summed E-state index contributed by atoms with van der Waals surface area (Å²) in [4.78, 5) is 12.4. The Hall–Kier alpha value is -3.75. The molecule has 0 saturated heterocycles. The van der Waals surface area contributed by atoms with E-state index in [1.807, 2.05) is 18.2 Å². The molecule has 0 spiro atoms. The molecule has 0 unspecified atom stereocenters. The molecule has 0 bridgehead atoms. The molecule has 152 valence electrons. The van der Waals surface area contributed by atoms with Gasteiger partial charge in [-0.2, -0.15) is 18.4 Å². The van der Waals surface area contributed by atoms with Gasteiger partial charge in [-0.25, -0.2) is 0 Å². The van der Waals surface area contributed by atoms with E-state index in [0.717, 1.165) is 28.5 Å². The molecule has 1 heterocycles. The number of fused-ring (bicyclic) bond motifs is 1. The lowest BCUT2D eigenvalue weighted by molar-refractivity contribution is -0.137. The molecule has 0 aliphatic heterocycles. The molecule has 1 aromatic heterocycles. The van der Waals surface area contributed by atoms with Crippen molar-refractivity contribution < 1.29 is 18.0 Å². The first kappa shape index (κ1) is 19.6. The Morgan fingerprint density at radius 3 is 2.53 bits per heavy atom. The van der Waals surface area contributed by atoms with Gasteiger partial charge in [0.1, 0.15) is 0 Å². The zero-order valence-electron chi connectivity index (χ0n) is 15.6. The van der Waals surface area contributed by atoms with Gasteiger partial charge in [0.15, 0.2) is 5.82 Å². The van der Waals surface area contributed by atoms with Crippen molar-refractivity contribution in [3.8, 4) is 11.1 Å². The fourth-order valence-electron chi connectivity index (χ4n) is 3.19. The maximum absolute atomic E-state index is 12.8. The molecule has 30 heavy (non-hydrogen) atoms. The Bertz CT molecular complexity index is 1170. The zero-order valence-corrected chi connectivity index (χ0v) is 15.6. The van der Waals surface area contributed by atoms with Crippen LogP contribution in [-0.4, -0.2) is 33.1 Å². The fourth-order valence-corrected chi connectivity index (χ4v) is 3.19. The average molecular weight is 411 g/mol. The summed E-state index contributed by atoms with van der Waals surface area (Å²) in [6.45, 7) is 0.363. The first-order valence-corrected chi connectivity index (χ1v) is 9.13. The zero-order chi connectivity index (χ0) is 21.1. The monoisotopic (exact) mass is 411 g/mol. The summed E-state index contributed by atoms with van der Waals surface area (Å²) in [6.07, 6.45) is -3.92. The van der Waals surface area contributed by atoms with Crippen molar-refractivity contribution in [1.82, 2.24) is 25.9 Å². The Labute approximate surface area is 169 Å². The molecule has 3 aromatic carbocycles. The lowest BCUT2D eigenvalue weighted by Gasteiger charge is -2.11. The van der Waals surface area contributed by atoms with Gasteiger partial charge >= 0.3 is 6.18 Å².